The van der Waals surface area contributed by atoms with Crippen LogP contribution in [0.25, 0.3) is 0 Å². The van der Waals surface area contributed by atoms with Crippen LogP contribution in [0, 0.1) is 31.6 Å². The average Bonchev–Trinajstić information content (AvgIpc) is 3.70. The van der Waals surface area contributed by atoms with Gasteiger partial charge >= 0.3 is 6.18 Å². The fourth-order valence-electron chi connectivity index (χ4n) is 7.05. The predicted molar refractivity (Wildman–Crippen MR) is 145 cm³/mol. The van der Waals surface area contributed by atoms with Crippen LogP contribution in [0.2, 0.25) is 0 Å². The number of halogens is 3. The summed E-state index contributed by atoms with van der Waals surface area (Å²) in [5, 5.41) is 0. The summed E-state index contributed by atoms with van der Waals surface area (Å²) in [5.74, 6) is -1.38. The van der Waals surface area contributed by atoms with Gasteiger partial charge in [0.15, 0.2) is 0 Å². The molecule has 1 aromatic heterocycles. The Morgan fingerprint density at radius 1 is 1.05 bits per heavy atom. The van der Waals surface area contributed by atoms with Gasteiger partial charge in [0.05, 0.1) is 22.9 Å². The van der Waals surface area contributed by atoms with Gasteiger partial charge in [0, 0.05) is 50.3 Å². The summed E-state index contributed by atoms with van der Waals surface area (Å²) in [7, 11) is 0. The first-order valence-electron chi connectivity index (χ1n) is 14.4. The number of carbonyl (C=O) groups is 1. The van der Waals surface area contributed by atoms with E-state index in [1.807, 2.05) is 24.8 Å². The fraction of sp³-hybridized carbons (Fsp3) is 0.700. The monoisotopic (exact) mass is 545 g/mol. The van der Waals surface area contributed by atoms with Crippen LogP contribution in [-0.2, 0) is 0 Å². The largest absolute Gasteiger partial charge is 0.395 e. The van der Waals surface area contributed by atoms with Gasteiger partial charge in [0.25, 0.3) is 5.91 Å². The molecule has 0 radical (unpaired) electrons. The van der Waals surface area contributed by atoms with Crippen molar-refractivity contribution in [3.63, 3.8) is 0 Å². The standard InChI is InChI=1S/C30H42F3N5O/c1-19-16-24(8-9-25(19)30(31,32)33)27(23-6-7-23)38-15-14-37(17-20(38)2)29(5)10-12-36(13-11-29)28(39)26-21(3)34-18-35-22(26)4/h8-9,16,18-20,23,25,27H,6-7,10-15,17H2,1-5H3/t19?,20-,25?,27?/m0/s1. The van der Waals surface area contributed by atoms with E-state index in [4.69, 9.17) is 0 Å². The quantitative estimate of drug-likeness (QED) is 0.510. The Balaban J connectivity index is 1.22. The first kappa shape index (κ1) is 28.3. The number of hydrogen-bond donors (Lipinski definition) is 0. The molecule has 2 saturated heterocycles. The summed E-state index contributed by atoms with van der Waals surface area (Å²) in [4.78, 5) is 28.8. The van der Waals surface area contributed by atoms with Crippen molar-refractivity contribution in [3.05, 3.63) is 47.1 Å². The zero-order chi connectivity index (χ0) is 28.1. The molecule has 5 rings (SSSR count). The maximum Gasteiger partial charge on any atom is 0.395 e. The first-order valence-corrected chi connectivity index (χ1v) is 14.4. The fourth-order valence-corrected chi connectivity index (χ4v) is 7.05. The third-order valence-corrected chi connectivity index (χ3v) is 9.67. The highest BCUT2D eigenvalue weighted by Gasteiger charge is 2.47. The van der Waals surface area contributed by atoms with Gasteiger partial charge in [-0.25, -0.2) is 9.97 Å². The van der Waals surface area contributed by atoms with Gasteiger partial charge in [-0.15, -0.1) is 0 Å². The maximum atomic E-state index is 13.4. The smallest absolute Gasteiger partial charge is 0.338 e. The zero-order valence-corrected chi connectivity index (χ0v) is 23.8. The lowest BCUT2D eigenvalue weighted by Crippen LogP contribution is -2.63. The van der Waals surface area contributed by atoms with E-state index in [1.54, 1.807) is 13.0 Å². The number of amides is 1. The lowest BCUT2D eigenvalue weighted by Gasteiger charge is -2.53. The summed E-state index contributed by atoms with van der Waals surface area (Å²) in [6.45, 7) is 14.2. The van der Waals surface area contributed by atoms with Gasteiger partial charge in [-0.3, -0.25) is 14.6 Å². The van der Waals surface area contributed by atoms with Gasteiger partial charge in [0.1, 0.15) is 6.33 Å². The Labute approximate surface area is 230 Å². The second-order valence-corrected chi connectivity index (χ2v) is 12.5. The van der Waals surface area contributed by atoms with Crippen molar-refractivity contribution < 1.29 is 18.0 Å². The molecule has 1 aromatic rings. The van der Waals surface area contributed by atoms with Gasteiger partial charge < -0.3 is 4.90 Å². The van der Waals surface area contributed by atoms with Crippen molar-refractivity contribution in [1.82, 2.24) is 24.7 Å². The summed E-state index contributed by atoms with van der Waals surface area (Å²) < 4.78 is 40.3. The molecule has 9 heteroatoms. The van der Waals surface area contributed by atoms with Crippen molar-refractivity contribution >= 4 is 5.91 Å². The zero-order valence-electron chi connectivity index (χ0n) is 23.8. The Bertz CT molecular complexity index is 1120. The van der Waals surface area contributed by atoms with Crippen LogP contribution >= 0.6 is 0 Å². The van der Waals surface area contributed by atoms with Crippen molar-refractivity contribution in [1.29, 1.82) is 0 Å². The molecule has 39 heavy (non-hydrogen) atoms. The van der Waals surface area contributed by atoms with Gasteiger partial charge in [-0.2, -0.15) is 13.2 Å². The van der Waals surface area contributed by atoms with E-state index in [-0.39, 0.29) is 17.5 Å². The predicted octanol–water partition coefficient (Wildman–Crippen LogP) is 5.18. The Morgan fingerprint density at radius 2 is 1.69 bits per heavy atom. The van der Waals surface area contributed by atoms with Crippen molar-refractivity contribution in [2.45, 2.75) is 84.1 Å². The molecule has 214 valence electrons. The summed E-state index contributed by atoms with van der Waals surface area (Å²) in [6.07, 6.45) is 6.45. The number of piperazine rings is 1. The molecule has 4 atom stereocenters. The molecule has 3 heterocycles. The molecule has 0 aromatic carbocycles. The van der Waals surface area contributed by atoms with E-state index in [1.165, 1.54) is 12.4 Å². The molecule has 1 amide bonds. The third-order valence-electron chi connectivity index (χ3n) is 9.67. The number of nitrogens with zero attached hydrogens (tertiary/aromatic N) is 5. The van der Waals surface area contributed by atoms with Crippen molar-refractivity contribution in [3.8, 4) is 0 Å². The van der Waals surface area contributed by atoms with Crippen LogP contribution in [0.1, 0.15) is 68.2 Å². The van der Waals surface area contributed by atoms with Crippen LogP contribution in [-0.4, -0.2) is 87.1 Å². The van der Waals surface area contributed by atoms with Crippen LogP contribution in [0.3, 0.4) is 0 Å². The molecule has 1 saturated carbocycles. The number of likely N-dealkylation sites (tertiary alicyclic amines) is 1. The van der Waals surface area contributed by atoms with Crippen molar-refractivity contribution in [2.24, 2.45) is 17.8 Å². The molecule has 0 spiro atoms. The lowest BCUT2D eigenvalue weighted by atomic mass is 9.82. The Morgan fingerprint density at radius 3 is 2.23 bits per heavy atom. The lowest BCUT2D eigenvalue weighted by molar-refractivity contribution is -0.169. The number of hydrogen-bond acceptors (Lipinski definition) is 5. The van der Waals surface area contributed by atoms with Crippen LogP contribution in [0.15, 0.2) is 30.1 Å². The van der Waals surface area contributed by atoms with E-state index in [9.17, 15) is 18.0 Å². The van der Waals surface area contributed by atoms with Crippen LogP contribution < -0.4 is 0 Å². The molecule has 3 fully saturated rings. The molecule has 6 nitrogen and oxygen atoms in total. The molecule has 0 N–H and O–H groups in total. The summed E-state index contributed by atoms with van der Waals surface area (Å²) >= 11 is 0. The first-order chi connectivity index (χ1) is 18.4. The third kappa shape index (κ3) is 5.67. The van der Waals surface area contributed by atoms with Crippen molar-refractivity contribution in [2.75, 3.05) is 32.7 Å². The molecule has 3 unspecified atom stereocenters. The highest BCUT2D eigenvalue weighted by molar-refractivity contribution is 5.96. The number of allylic oxidation sites excluding steroid dienone is 2. The number of aromatic nitrogens is 2. The number of piperidine rings is 1. The molecule has 0 bridgehead atoms. The van der Waals surface area contributed by atoms with E-state index < -0.39 is 18.0 Å². The molecular weight excluding hydrogens is 503 g/mol. The van der Waals surface area contributed by atoms with E-state index in [2.05, 4.69) is 33.6 Å². The number of carbonyl (C=O) groups excluding carboxylic acids is 1. The van der Waals surface area contributed by atoms with Crippen LogP contribution in [0.5, 0.6) is 0 Å². The molecule has 4 aliphatic rings. The topological polar surface area (TPSA) is 52.6 Å². The average molecular weight is 546 g/mol. The van der Waals surface area contributed by atoms with Crippen LogP contribution in [0.4, 0.5) is 13.2 Å². The number of rotatable bonds is 5. The normalized spacial score (nSPS) is 29.3. The minimum atomic E-state index is -4.20. The number of aryl methyl sites for hydroxylation is 2. The SMILES string of the molecule is Cc1ncnc(C)c1C(=O)N1CCC(C)(N2CCN(C(C3=CC(C)C(C(F)(F)F)C=C3)C3CC3)[C@@H](C)C2)CC1. The molecular formula is C30H42F3N5O. The van der Waals surface area contributed by atoms with Gasteiger partial charge in [-0.05, 0) is 70.8 Å². The van der Waals surface area contributed by atoms with E-state index in [0.717, 1.165) is 62.3 Å². The minimum absolute atomic E-state index is 0.0158. The van der Waals surface area contributed by atoms with E-state index in [0.29, 0.717) is 30.6 Å². The van der Waals surface area contributed by atoms with Gasteiger partial charge in [-0.1, -0.05) is 25.2 Å². The maximum absolute atomic E-state index is 13.4. The summed E-state index contributed by atoms with van der Waals surface area (Å²) in [5.41, 5.74) is 3.15. The second-order valence-electron chi connectivity index (χ2n) is 12.5. The second kappa shape index (κ2) is 10.6. The highest BCUT2D eigenvalue weighted by Crippen LogP contribution is 2.44. The highest BCUT2D eigenvalue weighted by atomic mass is 19.4. The Hall–Kier alpha value is -2.26. The molecule has 2 aliphatic heterocycles. The minimum Gasteiger partial charge on any atom is -0.338 e. The van der Waals surface area contributed by atoms with E-state index >= 15 is 0 Å². The molecule has 2 aliphatic carbocycles. The van der Waals surface area contributed by atoms with Gasteiger partial charge in [0.2, 0.25) is 0 Å². The summed E-state index contributed by atoms with van der Waals surface area (Å²) in [6, 6.07) is 0.499. The number of alkyl halides is 3. The Kier molecular flexibility index (Phi) is 7.70.